The van der Waals surface area contributed by atoms with Crippen molar-refractivity contribution < 1.29 is 4.79 Å². The van der Waals surface area contributed by atoms with Gasteiger partial charge in [0.1, 0.15) is 17.5 Å². The standard InChI is InChI=1S/C16H13ClN4O/c1-11-4-2-3-5-14(11)21-16(22)12(8-18)9-19-15-7-6-13(17)10-20-15/h2-7,9-10H,1H3,(H,19,20)(H,21,22)/b12-9-. The van der Waals surface area contributed by atoms with E-state index in [-0.39, 0.29) is 5.57 Å². The summed E-state index contributed by atoms with van der Waals surface area (Å²) in [6.45, 7) is 1.88. The monoisotopic (exact) mass is 312 g/mol. The summed E-state index contributed by atoms with van der Waals surface area (Å²) in [6, 6.07) is 12.5. The number of benzene rings is 1. The van der Waals surface area contributed by atoms with E-state index in [1.165, 1.54) is 12.4 Å². The van der Waals surface area contributed by atoms with Crippen molar-refractivity contribution in [1.29, 1.82) is 5.26 Å². The highest BCUT2D eigenvalue weighted by Gasteiger charge is 2.10. The smallest absolute Gasteiger partial charge is 0.267 e. The molecule has 0 saturated heterocycles. The molecule has 0 unspecified atom stereocenters. The van der Waals surface area contributed by atoms with Gasteiger partial charge in [0, 0.05) is 18.1 Å². The molecule has 6 heteroatoms. The molecule has 0 fully saturated rings. The van der Waals surface area contributed by atoms with Gasteiger partial charge < -0.3 is 10.6 Å². The number of nitriles is 1. The summed E-state index contributed by atoms with van der Waals surface area (Å²) in [5.74, 6) is -0.000829. The SMILES string of the molecule is Cc1ccccc1NC(=O)/C(C#N)=C\Nc1ccc(Cl)cn1. The van der Waals surface area contributed by atoms with Crippen LogP contribution in [-0.2, 0) is 4.79 Å². The number of amides is 1. The lowest BCUT2D eigenvalue weighted by atomic mass is 10.2. The fourth-order valence-corrected chi connectivity index (χ4v) is 1.77. The Kier molecular flexibility index (Phi) is 5.12. The second kappa shape index (κ2) is 7.25. The molecule has 2 rings (SSSR count). The second-order valence-corrected chi connectivity index (χ2v) is 4.88. The van der Waals surface area contributed by atoms with Crippen LogP contribution in [0.25, 0.3) is 0 Å². The van der Waals surface area contributed by atoms with E-state index in [1.807, 2.05) is 31.2 Å². The molecule has 0 aliphatic heterocycles. The largest absolute Gasteiger partial charge is 0.345 e. The van der Waals surface area contributed by atoms with Gasteiger partial charge in [0.25, 0.3) is 5.91 Å². The third-order valence-corrected chi connectivity index (χ3v) is 3.07. The van der Waals surface area contributed by atoms with Crippen LogP contribution in [0.2, 0.25) is 5.02 Å². The highest BCUT2D eigenvalue weighted by atomic mass is 35.5. The molecule has 2 N–H and O–H groups in total. The molecule has 0 bridgehead atoms. The van der Waals surface area contributed by atoms with Crippen LogP contribution < -0.4 is 10.6 Å². The molecule has 0 radical (unpaired) electrons. The third-order valence-electron chi connectivity index (χ3n) is 2.85. The maximum Gasteiger partial charge on any atom is 0.267 e. The average molecular weight is 313 g/mol. The fourth-order valence-electron chi connectivity index (χ4n) is 1.66. The molecule has 1 amide bonds. The first-order valence-electron chi connectivity index (χ1n) is 6.45. The van der Waals surface area contributed by atoms with Crippen molar-refractivity contribution in [3.8, 4) is 6.07 Å². The molecule has 110 valence electrons. The van der Waals surface area contributed by atoms with Crippen molar-refractivity contribution in [3.05, 3.63) is 65.0 Å². The van der Waals surface area contributed by atoms with Crippen molar-refractivity contribution in [1.82, 2.24) is 4.98 Å². The third kappa shape index (κ3) is 4.08. The molecule has 5 nitrogen and oxygen atoms in total. The first kappa shape index (κ1) is 15.5. The van der Waals surface area contributed by atoms with Crippen molar-refractivity contribution in [2.24, 2.45) is 0 Å². The van der Waals surface area contributed by atoms with Crippen LogP contribution in [0.15, 0.2) is 54.4 Å². The second-order valence-electron chi connectivity index (χ2n) is 4.44. The summed E-state index contributed by atoms with van der Waals surface area (Å²) in [4.78, 5) is 16.1. The van der Waals surface area contributed by atoms with E-state index in [1.54, 1.807) is 18.2 Å². The van der Waals surface area contributed by atoms with E-state index in [0.29, 0.717) is 16.5 Å². The van der Waals surface area contributed by atoms with Gasteiger partial charge in [-0.1, -0.05) is 29.8 Å². The molecule has 0 spiro atoms. The van der Waals surface area contributed by atoms with E-state index in [9.17, 15) is 4.79 Å². The highest BCUT2D eigenvalue weighted by Crippen LogP contribution is 2.14. The van der Waals surface area contributed by atoms with Crippen LogP contribution in [0.5, 0.6) is 0 Å². The molecular formula is C16H13ClN4O. The Balaban J connectivity index is 2.09. The van der Waals surface area contributed by atoms with Crippen LogP contribution in [0.1, 0.15) is 5.56 Å². The number of para-hydroxylation sites is 1. The van der Waals surface area contributed by atoms with Crippen LogP contribution >= 0.6 is 11.6 Å². The molecule has 0 aliphatic rings. The first-order chi connectivity index (χ1) is 10.6. The fraction of sp³-hybridized carbons (Fsp3) is 0.0625. The zero-order valence-corrected chi connectivity index (χ0v) is 12.6. The van der Waals surface area contributed by atoms with Crippen molar-refractivity contribution in [2.75, 3.05) is 10.6 Å². The zero-order valence-electron chi connectivity index (χ0n) is 11.8. The van der Waals surface area contributed by atoms with Crippen molar-refractivity contribution >= 4 is 29.0 Å². The summed E-state index contributed by atoms with van der Waals surface area (Å²) in [5, 5.41) is 15.1. The maximum absolute atomic E-state index is 12.1. The minimum absolute atomic E-state index is 0.0556. The lowest BCUT2D eigenvalue weighted by Gasteiger charge is -2.07. The Labute approximate surface area is 133 Å². The lowest BCUT2D eigenvalue weighted by molar-refractivity contribution is -0.112. The van der Waals surface area contributed by atoms with Crippen molar-refractivity contribution in [2.45, 2.75) is 6.92 Å². The van der Waals surface area contributed by atoms with Crippen LogP contribution in [-0.4, -0.2) is 10.9 Å². The number of pyridine rings is 1. The molecule has 2 aromatic rings. The molecule has 0 aliphatic carbocycles. The number of nitrogens with zero attached hydrogens (tertiary/aromatic N) is 2. The topological polar surface area (TPSA) is 77.8 Å². The van der Waals surface area contributed by atoms with E-state index < -0.39 is 5.91 Å². The number of aryl methyl sites for hydroxylation is 1. The Morgan fingerprint density at radius 1 is 1.32 bits per heavy atom. The normalized spacial score (nSPS) is 10.7. The number of halogens is 1. The minimum Gasteiger partial charge on any atom is -0.345 e. The Morgan fingerprint density at radius 3 is 2.73 bits per heavy atom. The summed E-state index contributed by atoms with van der Waals surface area (Å²) in [5.41, 5.74) is 1.53. The van der Waals surface area contributed by atoms with Gasteiger partial charge in [0.15, 0.2) is 0 Å². The van der Waals surface area contributed by atoms with Gasteiger partial charge in [-0.15, -0.1) is 0 Å². The molecule has 22 heavy (non-hydrogen) atoms. The van der Waals surface area contributed by atoms with Crippen LogP contribution in [0.3, 0.4) is 0 Å². The van der Waals surface area contributed by atoms with Gasteiger partial charge in [-0.3, -0.25) is 4.79 Å². The van der Waals surface area contributed by atoms with Gasteiger partial charge in [-0.25, -0.2) is 4.98 Å². The van der Waals surface area contributed by atoms with E-state index >= 15 is 0 Å². The average Bonchev–Trinajstić information content (AvgIpc) is 2.52. The molecule has 0 atom stereocenters. The Morgan fingerprint density at radius 2 is 2.09 bits per heavy atom. The van der Waals surface area contributed by atoms with Gasteiger partial charge >= 0.3 is 0 Å². The zero-order chi connectivity index (χ0) is 15.9. The number of hydrogen-bond acceptors (Lipinski definition) is 4. The van der Waals surface area contributed by atoms with Gasteiger partial charge in [0.2, 0.25) is 0 Å². The number of aromatic nitrogens is 1. The predicted molar refractivity (Wildman–Crippen MR) is 86.4 cm³/mol. The van der Waals surface area contributed by atoms with Crippen molar-refractivity contribution in [3.63, 3.8) is 0 Å². The molecule has 1 heterocycles. The Bertz CT molecular complexity index is 747. The van der Waals surface area contributed by atoms with Gasteiger partial charge in [0.05, 0.1) is 5.02 Å². The summed E-state index contributed by atoms with van der Waals surface area (Å²) >= 11 is 5.74. The van der Waals surface area contributed by atoms with Crippen LogP contribution in [0, 0.1) is 18.3 Å². The molecule has 1 aromatic carbocycles. The van der Waals surface area contributed by atoms with E-state index in [0.717, 1.165) is 5.56 Å². The minimum atomic E-state index is -0.488. The maximum atomic E-state index is 12.1. The number of hydrogen-bond donors (Lipinski definition) is 2. The number of rotatable bonds is 4. The first-order valence-corrected chi connectivity index (χ1v) is 6.83. The van der Waals surface area contributed by atoms with Crippen LogP contribution in [0.4, 0.5) is 11.5 Å². The van der Waals surface area contributed by atoms with Gasteiger partial charge in [-0.05, 0) is 30.7 Å². The van der Waals surface area contributed by atoms with E-state index in [4.69, 9.17) is 16.9 Å². The Hall–Kier alpha value is -2.84. The summed E-state index contributed by atoms with van der Waals surface area (Å²) < 4.78 is 0. The lowest BCUT2D eigenvalue weighted by Crippen LogP contribution is -2.15. The number of carbonyl (C=O) groups excluding carboxylic acids is 1. The summed E-state index contributed by atoms with van der Waals surface area (Å²) in [7, 11) is 0. The molecular weight excluding hydrogens is 300 g/mol. The number of carbonyl (C=O) groups is 1. The highest BCUT2D eigenvalue weighted by molar-refractivity contribution is 6.30. The number of anilines is 2. The number of nitrogens with one attached hydrogen (secondary N) is 2. The van der Waals surface area contributed by atoms with Gasteiger partial charge in [-0.2, -0.15) is 5.26 Å². The van der Waals surface area contributed by atoms with E-state index in [2.05, 4.69) is 15.6 Å². The molecule has 1 aromatic heterocycles. The predicted octanol–water partition coefficient (Wildman–Crippen LogP) is 3.50. The summed E-state index contributed by atoms with van der Waals surface area (Å²) in [6.07, 6.45) is 2.78. The molecule has 0 saturated carbocycles. The quantitative estimate of drug-likeness (QED) is 0.669.